The van der Waals surface area contributed by atoms with Crippen LogP contribution in [0.2, 0.25) is 0 Å². The van der Waals surface area contributed by atoms with E-state index in [0.29, 0.717) is 21.3 Å². The van der Waals surface area contributed by atoms with Gasteiger partial charge in [-0.05, 0) is 61.5 Å². The number of carbonyl (C=O) groups excluding carboxylic acids is 3. The van der Waals surface area contributed by atoms with Crippen molar-refractivity contribution >= 4 is 51.3 Å². The Kier molecular flexibility index (Phi) is 8.77. The average molecular weight is 601 g/mol. The fourth-order valence-corrected chi connectivity index (χ4v) is 3.88. The van der Waals surface area contributed by atoms with Crippen LogP contribution >= 0.6 is 15.9 Å². The number of carbonyl (C=O) groups is 3. The first-order chi connectivity index (χ1) is 19.2. The van der Waals surface area contributed by atoms with E-state index in [1.54, 1.807) is 48.5 Å². The lowest BCUT2D eigenvalue weighted by Crippen LogP contribution is -2.21. The summed E-state index contributed by atoms with van der Waals surface area (Å²) in [7, 11) is 0. The van der Waals surface area contributed by atoms with Gasteiger partial charge in [-0.1, -0.05) is 45.8 Å². The van der Waals surface area contributed by atoms with E-state index < -0.39 is 16.8 Å². The summed E-state index contributed by atoms with van der Waals surface area (Å²) in [6.07, 6.45) is 1.30. The monoisotopic (exact) mass is 600 g/mol. The Bertz CT molecular complexity index is 1620. The molecule has 4 aromatic carbocycles. The van der Waals surface area contributed by atoms with Gasteiger partial charge in [0.25, 0.3) is 17.5 Å². The van der Waals surface area contributed by atoms with Crippen LogP contribution in [0.1, 0.15) is 42.2 Å². The molecule has 0 aromatic heterocycles. The number of anilines is 1. The second-order valence-corrected chi connectivity index (χ2v) is 9.36. The number of nitro benzene ring substituents is 1. The molecule has 40 heavy (non-hydrogen) atoms. The summed E-state index contributed by atoms with van der Waals surface area (Å²) in [5.41, 5.74) is 4.72. The molecule has 0 fully saturated rings. The number of amides is 2. The lowest BCUT2D eigenvalue weighted by molar-refractivity contribution is -0.384. The van der Waals surface area contributed by atoms with Gasteiger partial charge in [-0.25, -0.2) is 10.2 Å². The molecule has 0 aliphatic rings. The molecule has 4 aromatic rings. The number of nitrogens with one attached hydrogen (secondary N) is 2. The third-order valence-corrected chi connectivity index (χ3v) is 6.08. The molecule has 0 bridgehead atoms. The van der Waals surface area contributed by atoms with Gasteiger partial charge in [0.15, 0.2) is 0 Å². The second kappa shape index (κ2) is 12.6. The normalized spacial score (nSPS) is 10.7. The molecule has 11 heteroatoms. The minimum Gasteiger partial charge on any atom is -0.422 e. The SMILES string of the molecule is Cc1ccc(C(=O)Nc2ccccc2C(=O)N/N=C\c2cc(Br)ccc2OC(=O)c2ccc([N+](=O)[O-])cc2)cc1. The van der Waals surface area contributed by atoms with E-state index in [2.05, 4.69) is 31.8 Å². The van der Waals surface area contributed by atoms with Crippen molar-refractivity contribution in [2.75, 3.05) is 5.32 Å². The number of para-hydroxylation sites is 1. The number of esters is 1. The van der Waals surface area contributed by atoms with Crippen molar-refractivity contribution in [2.24, 2.45) is 5.10 Å². The van der Waals surface area contributed by atoms with Gasteiger partial charge in [-0.3, -0.25) is 19.7 Å². The molecule has 0 unspecified atom stereocenters. The predicted octanol–water partition coefficient (Wildman–Crippen LogP) is 5.90. The summed E-state index contributed by atoms with van der Waals surface area (Å²) >= 11 is 3.35. The average Bonchev–Trinajstić information content (AvgIpc) is 2.95. The number of halogens is 1. The Morgan fingerprint density at radius 2 is 1.57 bits per heavy atom. The Balaban J connectivity index is 1.46. The smallest absolute Gasteiger partial charge is 0.343 e. The van der Waals surface area contributed by atoms with Crippen LogP contribution in [0.3, 0.4) is 0 Å². The van der Waals surface area contributed by atoms with Crippen LogP contribution in [-0.4, -0.2) is 28.9 Å². The van der Waals surface area contributed by atoms with Gasteiger partial charge < -0.3 is 10.1 Å². The molecule has 10 nitrogen and oxygen atoms in total. The maximum atomic E-state index is 12.9. The number of hydrazone groups is 1. The fraction of sp³-hybridized carbons (Fsp3) is 0.0345. The molecule has 2 N–H and O–H groups in total. The number of non-ortho nitro benzene ring substituents is 1. The standard InChI is InChI=1S/C29H21BrN4O6/c1-18-6-8-19(9-7-18)27(35)32-25-5-3-2-4-24(25)28(36)33-31-17-21-16-22(30)12-15-26(21)40-29(37)20-10-13-23(14-11-20)34(38)39/h2-17H,1H3,(H,32,35)(H,33,36)/b31-17-. The Hall–Kier alpha value is -5.16. The maximum absolute atomic E-state index is 12.9. The minimum absolute atomic E-state index is 0.119. The highest BCUT2D eigenvalue weighted by atomic mass is 79.9. The second-order valence-electron chi connectivity index (χ2n) is 8.44. The summed E-state index contributed by atoms with van der Waals surface area (Å²) in [5.74, 6) is -1.52. The molecule has 0 radical (unpaired) electrons. The molecule has 0 saturated carbocycles. The van der Waals surface area contributed by atoms with Crippen molar-refractivity contribution in [1.29, 1.82) is 0 Å². The number of rotatable bonds is 8. The largest absolute Gasteiger partial charge is 0.422 e. The minimum atomic E-state index is -0.728. The van der Waals surface area contributed by atoms with E-state index in [4.69, 9.17) is 4.74 Å². The van der Waals surface area contributed by atoms with Crippen molar-refractivity contribution < 1.29 is 24.0 Å². The van der Waals surface area contributed by atoms with Crippen LogP contribution in [0.5, 0.6) is 5.75 Å². The zero-order chi connectivity index (χ0) is 28.6. The molecule has 0 saturated heterocycles. The zero-order valence-corrected chi connectivity index (χ0v) is 22.5. The summed E-state index contributed by atoms with van der Waals surface area (Å²) in [6, 6.07) is 23.4. The Morgan fingerprint density at radius 3 is 2.27 bits per heavy atom. The quantitative estimate of drug-likeness (QED) is 0.0848. The highest BCUT2D eigenvalue weighted by Crippen LogP contribution is 2.24. The molecular weight excluding hydrogens is 580 g/mol. The van der Waals surface area contributed by atoms with Crippen molar-refractivity contribution in [3.05, 3.63) is 133 Å². The van der Waals surface area contributed by atoms with Crippen LogP contribution in [0.15, 0.2) is 101 Å². The van der Waals surface area contributed by atoms with E-state index in [1.807, 2.05) is 19.1 Å². The number of hydrogen-bond donors (Lipinski definition) is 2. The number of nitrogens with zero attached hydrogens (tertiary/aromatic N) is 2. The first-order valence-electron chi connectivity index (χ1n) is 11.8. The van der Waals surface area contributed by atoms with Crippen molar-refractivity contribution in [1.82, 2.24) is 5.43 Å². The van der Waals surface area contributed by atoms with Crippen molar-refractivity contribution in [3.63, 3.8) is 0 Å². The van der Waals surface area contributed by atoms with Crippen molar-refractivity contribution in [3.8, 4) is 5.75 Å². The number of benzene rings is 4. The molecular formula is C29H21BrN4O6. The van der Waals surface area contributed by atoms with E-state index in [-0.39, 0.29) is 28.5 Å². The Labute approximate surface area is 237 Å². The lowest BCUT2D eigenvalue weighted by atomic mass is 10.1. The summed E-state index contributed by atoms with van der Waals surface area (Å²) in [5, 5.41) is 17.6. The number of aryl methyl sites for hydroxylation is 1. The summed E-state index contributed by atoms with van der Waals surface area (Å²) in [6.45, 7) is 1.92. The van der Waals surface area contributed by atoms with Crippen LogP contribution in [0.4, 0.5) is 11.4 Å². The molecule has 2 amide bonds. The van der Waals surface area contributed by atoms with Gasteiger partial charge in [0.05, 0.1) is 28.0 Å². The highest BCUT2D eigenvalue weighted by molar-refractivity contribution is 9.10. The van der Waals surface area contributed by atoms with Crippen LogP contribution in [0.25, 0.3) is 0 Å². The van der Waals surface area contributed by atoms with Gasteiger partial charge in [0.2, 0.25) is 0 Å². The number of nitro groups is 1. The third kappa shape index (κ3) is 7.03. The predicted molar refractivity (Wildman–Crippen MR) is 153 cm³/mol. The molecule has 0 spiro atoms. The van der Waals surface area contributed by atoms with E-state index in [9.17, 15) is 24.5 Å². The van der Waals surface area contributed by atoms with Crippen LogP contribution in [-0.2, 0) is 0 Å². The molecule has 0 aliphatic carbocycles. The van der Waals surface area contributed by atoms with Gasteiger partial charge in [-0.15, -0.1) is 0 Å². The third-order valence-electron chi connectivity index (χ3n) is 5.59. The lowest BCUT2D eigenvalue weighted by Gasteiger charge is -2.10. The topological polar surface area (TPSA) is 140 Å². The highest BCUT2D eigenvalue weighted by Gasteiger charge is 2.15. The Morgan fingerprint density at radius 1 is 0.900 bits per heavy atom. The van der Waals surface area contributed by atoms with Crippen molar-refractivity contribution in [2.45, 2.75) is 6.92 Å². The van der Waals surface area contributed by atoms with Crippen LogP contribution < -0.4 is 15.5 Å². The van der Waals surface area contributed by atoms with E-state index >= 15 is 0 Å². The van der Waals surface area contributed by atoms with E-state index in [0.717, 1.165) is 5.56 Å². The van der Waals surface area contributed by atoms with Crippen LogP contribution in [0, 0.1) is 17.0 Å². The van der Waals surface area contributed by atoms with Gasteiger partial charge in [0.1, 0.15) is 5.75 Å². The first-order valence-corrected chi connectivity index (χ1v) is 12.6. The van der Waals surface area contributed by atoms with Gasteiger partial charge >= 0.3 is 5.97 Å². The molecule has 0 atom stereocenters. The molecule has 200 valence electrons. The number of hydrogen-bond acceptors (Lipinski definition) is 7. The zero-order valence-electron chi connectivity index (χ0n) is 21.0. The fourth-order valence-electron chi connectivity index (χ4n) is 3.50. The summed E-state index contributed by atoms with van der Waals surface area (Å²) < 4.78 is 6.13. The molecule has 0 aliphatic heterocycles. The molecule has 4 rings (SSSR count). The van der Waals surface area contributed by atoms with E-state index in [1.165, 1.54) is 36.5 Å². The number of ether oxygens (including phenoxy) is 1. The molecule has 0 heterocycles. The van der Waals surface area contributed by atoms with Gasteiger partial charge in [-0.2, -0.15) is 5.10 Å². The first kappa shape index (κ1) is 27.9. The maximum Gasteiger partial charge on any atom is 0.343 e. The summed E-state index contributed by atoms with van der Waals surface area (Å²) in [4.78, 5) is 48.4. The van der Waals surface area contributed by atoms with Gasteiger partial charge in [0, 0.05) is 27.7 Å².